The molecule has 0 saturated heterocycles. The SMILES string of the molecule is CCOc1cc(/C=C/c2ccccn2)ccc1OC(=O)/C=C/c1ccccc1. The van der Waals surface area contributed by atoms with Crippen molar-refractivity contribution in [1.29, 1.82) is 0 Å². The van der Waals surface area contributed by atoms with Crippen molar-refractivity contribution in [1.82, 2.24) is 4.98 Å². The quantitative estimate of drug-likeness (QED) is 0.322. The van der Waals surface area contributed by atoms with E-state index in [1.807, 2.05) is 79.7 Å². The van der Waals surface area contributed by atoms with Gasteiger partial charge in [0, 0.05) is 12.3 Å². The maximum absolute atomic E-state index is 12.2. The molecular weight excluding hydrogens is 350 g/mol. The first kappa shape index (κ1) is 19.1. The molecule has 0 bridgehead atoms. The molecule has 0 spiro atoms. The second kappa shape index (κ2) is 9.88. The van der Waals surface area contributed by atoms with E-state index in [4.69, 9.17) is 9.47 Å². The first-order chi connectivity index (χ1) is 13.7. The minimum atomic E-state index is -0.457. The first-order valence-electron chi connectivity index (χ1n) is 9.05. The number of hydrogen-bond acceptors (Lipinski definition) is 4. The van der Waals surface area contributed by atoms with E-state index in [0.29, 0.717) is 18.1 Å². The summed E-state index contributed by atoms with van der Waals surface area (Å²) in [6.45, 7) is 2.36. The molecule has 0 atom stereocenters. The smallest absolute Gasteiger partial charge is 0.336 e. The molecule has 0 saturated carbocycles. The zero-order valence-corrected chi connectivity index (χ0v) is 15.6. The second-order valence-electron chi connectivity index (χ2n) is 5.89. The molecule has 3 aromatic rings. The summed E-state index contributed by atoms with van der Waals surface area (Å²) in [6, 6.07) is 20.8. The number of pyridine rings is 1. The van der Waals surface area contributed by atoms with Gasteiger partial charge in [-0.15, -0.1) is 0 Å². The van der Waals surface area contributed by atoms with Crippen molar-refractivity contribution in [2.45, 2.75) is 6.92 Å². The fraction of sp³-hybridized carbons (Fsp3) is 0.0833. The number of esters is 1. The summed E-state index contributed by atoms with van der Waals surface area (Å²) in [4.78, 5) is 16.4. The normalized spacial score (nSPS) is 11.0. The van der Waals surface area contributed by atoms with Gasteiger partial charge in [0.2, 0.25) is 0 Å². The molecule has 0 amide bonds. The van der Waals surface area contributed by atoms with E-state index in [0.717, 1.165) is 16.8 Å². The van der Waals surface area contributed by atoms with Gasteiger partial charge in [-0.1, -0.05) is 48.5 Å². The number of aromatic nitrogens is 1. The Kier molecular flexibility index (Phi) is 6.74. The largest absolute Gasteiger partial charge is 0.490 e. The van der Waals surface area contributed by atoms with Crippen LogP contribution in [0.1, 0.15) is 23.7 Å². The molecule has 1 heterocycles. The topological polar surface area (TPSA) is 48.4 Å². The first-order valence-corrected chi connectivity index (χ1v) is 9.05. The van der Waals surface area contributed by atoms with Crippen LogP contribution in [0.5, 0.6) is 11.5 Å². The minimum Gasteiger partial charge on any atom is -0.490 e. The lowest BCUT2D eigenvalue weighted by Crippen LogP contribution is -2.06. The average Bonchev–Trinajstić information content (AvgIpc) is 2.74. The van der Waals surface area contributed by atoms with Crippen LogP contribution in [0.4, 0.5) is 0 Å². The predicted molar refractivity (Wildman–Crippen MR) is 112 cm³/mol. The van der Waals surface area contributed by atoms with Crippen molar-refractivity contribution in [3.8, 4) is 11.5 Å². The van der Waals surface area contributed by atoms with E-state index in [1.54, 1.807) is 18.3 Å². The molecule has 0 unspecified atom stereocenters. The van der Waals surface area contributed by atoms with Crippen molar-refractivity contribution in [3.05, 3.63) is 95.8 Å². The van der Waals surface area contributed by atoms with Crippen LogP contribution in [0, 0.1) is 0 Å². The molecule has 0 aliphatic heterocycles. The van der Waals surface area contributed by atoms with Crippen LogP contribution in [0.25, 0.3) is 18.2 Å². The highest BCUT2D eigenvalue weighted by Gasteiger charge is 2.09. The summed E-state index contributed by atoms with van der Waals surface area (Å²) >= 11 is 0. The van der Waals surface area contributed by atoms with Gasteiger partial charge in [-0.05, 0) is 54.5 Å². The number of carbonyl (C=O) groups is 1. The van der Waals surface area contributed by atoms with Gasteiger partial charge in [-0.2, -0.15) is 0 Å². The summed E-state index contributed by atoms with van der Waals surface area (Å²) < 4.78 is 11.1. The standard InChI is InChI=1S/C24H21NO3/c1-2-27-23-18-20(11-14-21-10-6-7-17-25-21)12-15-22(23)28-24(26)16-13-19-8-4-3-5-9-19/h3-18H,2H2,1H3/b14-11+,16-13+. The molecule has 4 nitrogen and oxygen atoms in total. The monoisotopic (exact) mass is 371 g/mol. The van der Waals surface area contributed by atoms with Crippen molar-refractivity contribution in [2.75, 3.05) is 6.61 Å². The summed E-state index contributed by atoms with van der Waals surface area (Å²) in [7, 11) is 0. The Hall–Kier alpha value is -3.66. The van der Waals surface area contributed by atoms with E-state index in [-0.39, 0.29) is 0 Å². The Morgan fingerprint density at radius 1 is 0.893 bits per heavy atom. The van der Waals surface area contributed by atoms with Crippen LogP contribution in [-0.4, -0.2) is 17.6 Å². The van der Waals surface area contributed by atoms with Crippen LogP contribution in [0.2, 0.25) is 0 Å². The summed E-state index contributed by atoms with van der Waals surface area (Å²) in [5.74, 6) is 0.452. The fourth-order valence-corrected chi connectivity index (χ4v) is 2.51. The Morgan fingerprint density at radius 2 is 1.71 bits per heavy atom. The van der Waals surface area contributed by atoms with Gasteiger partial charge in [0.25, 0.3) is 0 Å². The maximum Gasteiger partial charge on any atom is 0.336 e. The highest BCUT2D eigenvalue weighted by atomic mass is 16.6. The third-order valence-corrected chi connectivity index (χ3v) is 3.82. The van der Waals surface area contributed by atoms with Crippen LogP contribution in [0.3, 0.4) is 0 Å². The minimum absolute atomic E-state index is 0.388. The van der Waals surface area contributed by atoms with Crippen molar-refractivity contribution in [2.24, 2.45) is 0 Å². The van der Waals surface area contributed by atoms with Gasteiger partial charge in [0.05, 0.1) is 12.3 Å². The number of nitrogens with zero attached hydrogens (tertiary/aromatic N) is 1. The number of rotatable bonds is 7. The van der Waals surface area contributed by atoms with Crippen molar-refractivity contribution >= 4 is 24.2 Å². The lowest BCUT2D eigenvalue weighted by Gasteiger charge is -2.10. The summed E-state index contributed by atoms with van der Waals surface area (Å²) in [5.41, 5.74) is 2.72. The molecule has 4 heteroatoms. The molecule has 0 N–H and O–H groups in total. The molecule has 28 heavy (non-hydrogen) atoms. The molecule has 0 radical (unpaired) electrons. The predicted octanol–water partition coefficient (Wildman–Crippen LogP) is 5.27. The van der Waals surface area contributed by atoms with Gasteiger partial charge < -0.3 is 9.47 Å². The maximum atomic E-state index is 12.2. The summed E-state index contributed by atoms with van der Waals surface area (Å²) in [5, 5.41) is 0. The van der Waals surface area contributed by atoms with E-state index in [2.05, 4.69) is 4.98 Å². The van der Waals surface area contributed by atoms with Crippen LogP contribution >= 0.6 is 0 Å². The van der Waals surface area contributed by atoms with E-state index in [1.165, 1.54) is 6.08 Å². The van der Waals surface area contributed by atoms with Crippen LogP contribution in [-0.2, 0) is 4.79 Å². The molecule has 0 aliphatic rings. The van der Waals surface area contributed by atoms with Crippen LogP contribution < -0.4 is 9.47 Å². The van der Waals surface area contributed by atoms with Crippen molar-refractivity contribution in [3.63, 3.8) is 0 Å². The third-order valence-electron chi connectivity index (χ3n) is 3.82. The number of hydrogen-bond donors (Lipinski definition) is 0. The van der Waals surface area contributed by atoms with Gasteiger partial charge in [-0.3, -0.25) is 4.98 Å². The molecular formula is C24H21NO3. The Bertz CT molecular complexity index is 964. The average molecular weight is 371 g/mol. The molecule has 0 aliphatic carbocycles. The molecule has 3 rings (SSSR count). The Balaban J connectivity index is 1.72. The van der Waals surface area contributed by atoms with Gasteiger partial charge >= 0.3 is 5.97 Å². The van der Waals surface area contributed by atoms with E-state index in [9.17, 15) is 4.79 Å². The molecule has 2 aromatic carbocycles. The lowest BCUT2D eigenvalue weighted by atomic mass is 10.1. The number of carbonyl (C=O) groups excluding carboxylic acids is 1. The molecule has 1 aromatic heterocycles. The Labute approximate surface area is 164 Å². The zero-order chi connectivity index (χ0) is 19.6. The Morgan fingerprint density at radius 3 is 2.46 bits per heavy atom. The van der Waals surface area contributed by atoms with E-state index < -0.39 is 5.97 Å². The van der Waals surface area contributed by atoms with Crippen LogP contribution in [0.15, 0.2) is 79.0 Å². The van der Waals surface area contributed by atoms with Gasteiger partial charge in [0.15, 0.2) is 11.5 Å². The highest BCUT2D eigenvalue weighted by Crippen LogP contribution is 2.29. The number of benzene rings is 2. The third kappa shape index (κ3) is 5.68. The summed E-state index contributed by atoms with van der Waals surface area (Å²) in [6.07, 6.45) is 8.72. The number of ether oxygens (including phenoxy) is 2. The zero-order valence-electron chi connectivity index (χ0n) is 15.6. The fourth-order valence-electron chi connectivity index (χ4n) is 2.51. The molecule has 0 fully saturated rings. The van der Waals surface area contributed by atoms with Gasteiger partial charge in [-0.25, -0.2) is 4.79 Å². The second-order valence-corrected chi connectivity index (χ2v) is 5.89. The molecule has 140 valence electrons. The highest BCUT2D eigenvalue weighted by molar-refractivity contribution is 5.89. The van der Waals surface area contributed by atoms with Crippen molar-refractivity contribution < 1.29 is 14.3 Å². The lowest BCUT2D eigenvalue weighted by molar-refractivity contribution is -0.129. The van der Waals surface area contributed by atoms with E-state index >= 15 is 0 Å². The van der Waals surface area contributed by atoms with Gasteiger partial charge in [0.1, 0.15) is 0 Å².